The van der Waals surface area contributed by atoms with Crippen LogP contribution in [0.25, 0.3) is 11.0 Å². The van der Waals surface area contributed by atoms with E-state index in [1.807, 2.05) is 0 Å². The number of esters is 2. The first-order chi connectivity index (χ1) is 13.4. The molecule has 0 radical (unpaired) electrons. The summed E-state index contributed by atoms with van der Waals surface area (Å²) in [4.78, 5) is 36.1. The summed E-state index contributed by atoms with van der Waals surface area (Å²) in [5, 5.41) is 5.68. The fraction of sp³-hybridized carbons (Fsp3) is 0.316. The molecule has 0 atom stereocenters. The number of methoxy groups -OCH3 is 1. The highest BCUT2D eigenvalue weighted by atomic mass is 16.5. The van der Waals surface area contributed by atoms with Crippen molar-refractivity contribution in [1.82, 2.24) is 10.6 Å². The second-order valence-electron chi connectivity index (χ2n) is 5.98. The van der Waals surface area contributed by atoms with Crippen LogP contribution in [0.1, 0.15) is 23.0 Å². The Morgan fingerprint density at radius 3 is 2.71 bits per heavy atom. The van der Waals surface area contributed by atoms with Gasteiger partial charge in [0.2, 0.25) is 5.76 Å². The molecule has 0 fully saturated rings. The predicted octanol–water partition coefficient (Wildman–Crippen LogP) is 2.04. The molecule has 1 aromatic heterocycles. The molecule has 0 unspecified atom stereocenters. The minimum Gasteiger partial charge on any atom is -0.497 e. The van der Waals surface area contributed by atoms with Crippen LogP contribution in [0.3, 0.4) is 0 Å². The van der Waals surface area contributed by atoms with Crippen LogP contribution in [0.15, 0.2) is 33.9 Å². The molecule has 2 amide bonds. The molecule has 28 heavy (non-hydrogen) atoms. The van der Waals surface area contributed by atoms with E-state index in [2.05, 4.69) is 10.6 Å². The smallest absolute Gasteiger partial charge is 0.374 e. The number of hydrogen-bond donors (Lipinski definition) is 2. The normalized spacial score (nSPS) is 13.8. The van der Waals surface area contributed by atoms with E-state index in [-0.39, 0.29) is 36.8 Å². The first-order valence-corrected chi connectivity index (χ1v) is 8.62. The van der Waals surface area contributed by atoms with Gasteiger partial charge in [-0.25, -0.2) is 14.4 Å². The Bertz CT molecular complexity index is 974. The van der Waals surface area contributed by atoms with Crippen LogP contribution in [0.4, 0.5) is 4.79 Å². The third-order valence-corrected chi connectivity index (χ3v) is 4.25. The maximum absolute atomic E-state index is 12.5. The Morgan fingerprint density at radius 1 is 1.21 bits per heavy atom. The van der Waals surface area contributed by atoms with Gasteiger partial charge in [0.25, 0.3) is 0 Å². The highest BCUT2D eigenvalue weighted by molar-refractivity contribution is 5.97. The molecule has 0 saturated heterocycles. The molecule has 1 aliphatic heterocycles. The molecule has 2 N–H and O–H groups in total. The van der Waals surface area contributed by atoms with Gasteiger partial charge in [-0.2, -0.15) is 0 Å². The van der Waals surface area contributed by atoms with Gasteiger partial charge in [0.05, 0.1) is 31.5 Å². The topological polar surface area (TPSA) is 116 Å². The van der Waals surface area contributed by atoms with Gasteiger partial charge in [-0.3, -0.25) is 0 Å². The summed E-state index contributed by atoms with van der Waals surface area (Å²) in [5.41, 5.74) is 1.49. The molecule has 9 nitrogen and oxygen atoms in total. The second-order valence-corrected chi connectivity index (χ2v) is 5.98. The molecule has 148 valence electrons. The number of fused-ring (bicyclic) bond motifs is 1. The summed E-state index contributed by atoms with van der Waals surface area (Å²) in [6, 6.07) is 4.69. The minimum atomic E-state index is -0.712. The summed E-state index contributed by atoms with van der Waals surface area (Å²) in [6.07, 6.45) is 0. The SMILES string of the molecule is CCOC(=O)C1=C(COC(=O)c2oc3ccc(OC)cc3c2C)NC(=O)NC1. The number of aryl methyl sites for hydroxylation is 1. The zero-order valence-corrected chi connectivity index (χ0v) is 15.7. The van der Waals surface area contributed by atoms with E-state index < -0.39 is 18.0 Å². The fourth-order valence-corrected chi connectivity index (χ4v) is 2.79. The minimum absolute atomic E-state index is 0.0129. The number of carbonyl (C=O) groups is 3. The van der Waals surface area contributed by atoms with E-state index in [1.165, 1.54) is 0 Å². The zero-order chi connectivity index (χ0) is 20.3. The van der Waals surface area contributed by atoms with Gasteiger partial charge in [-0.1, -0.05) is 0 Å². The molecular weight excluding hydrogens is 368 g/mol. The van der Waals surface area contributed by atoms with E-state index in [4.69, 9.17) is 18.6 Å². The quantitative estimate of drug-likeness (QED) is 0.728. The van der Waals surface area contributed by atoms with Crippen molar-refractivity contribution in [2.45, 2.75) is 13.8 Å². The Morgan fingerprint density at radius 2 is 2.00 bits per heavy atom. The largest absolute Gasteiger partial charge is 0.497 e. The lowest BCUT2D eigenvalue weighted by molar-refractivity contribution is -0.138. The number of benzene rings is 1. The summed E-state index contributed by atoms with van der Waals surface area (Å²) in [7, 11) is 1.55. The van der Waals surface area contributed by atoms with Crippen molar-refractivity contribution in [3.63, 3.8) is 0 Å². The van der Waals surface area contributed by atoms with Crippen molar-refractivity contribution in [3.05, 3.63) is 40.8 Å². The maximum atomic E-state index is 12.5. The molecule has 1 aliphatic rings. The zero-order valence-electron chi connectivity index (χ0n) is 15.7. The summed E-state index contributed by atoms with van der Waals surface area (Å²) in [6.45, 7) is 3.27. The lowest BCUT2D eigenvalue weighted by atomic mass is 10.1. The molecule has 0 saturated carbocycles. The lowest BCUT2D eigenvalue weighted by Crippen LogP contribution is -2.45. The molecule has 2 aromatic rings. The van der Waals surface area contributed by atoms with E-state index >= 15 is 0 Å². The molecule has 0 aliphatic carbocycles. The number of hydrogen-bond acceptors (Lipinski definition) is 7. The third kappa shape index (κ3) is 3.78. The average Bonchev–Trinajstić information content (AvgIpc) is 3.02. The number of nitrogens with one attached hydrogen (secondary N) is 2. The summed E-state index contributed by atoms with van der Waals surface area (Å²) in [5.74, 6) is -0.621. The van der Waals surface area contributed by atoms with Crippen molar-refractivity contribution < 1.29 is 33.0 Å². The third-order valence-electron chi connectivity index (χ3n) is 4.25. The van der Waals surface area contributed by atoms with Gasteiger partial charge < -0.3 is 29.3 Å². The van der Waals surface area contributed by atoms with Crippen molar-refractivity contribution in [2.75, 3.05) is 26.9 Å². The summed E-state index contributed by atoms with van der Waals surface area (Å²) < 4.78 is 21.0. The monoisotopic (exact) mass is 388 g/mol. The number of urea groups is 1. The van der Waals surface area contributed by atoms with Crippen LogP contribution in [0.2, 0.25) is 0 Å². The van der Waals surface area contributed by atoms with Crippen molar-refractivity contribution in [1.29, 1.82) is 0 Å². The van der Waals surface area contributed by atoms with Gasteiger partial charge in [0.15, 0.2) is 0 Å². The van der Waals surface area contributed by atoms with Crippen molar-refractivity contribution >= 4 is 28.9 Å². The van der Waals surface area contributed by atoms with Gasteiger partial charge in [-0.15, -0.1) is 0 Å². The number of amides is 2. The molecule has 2 heterocycles. The van der Waals surface area contributed by atoms with E-state index in [0.717, 1.165) is 5.39 Å². The Kier molecular flexibility index (Phi) is 5.53. The van der Waals surface area contributed by atoms with E-state index in [1.54, 1.807) is 39.2 Å². The molecule has 0 spiro atoms. The fourth-order valence-electron chi connectivity index (χ4n) is 2.79. The standard InChI is InChI=1S/C19H20N2O7/c1-4-26-17(22)13-8-20-19(24)21-14(13)9-27-18(23)16-10(2)12-7-11(25-3)5-6-15(12)28-16/h5-7H,4,8-9H2,1-3H3,(H2,20,21,24). The van der Waals surface area contributed by atoms with Crippen LogP contribution in [0, 0.1) is 6.92 Å². The van der Waals surface area contributed by atoms with Gasteiger partial charge >= 0.3 is 18.0 Å². The van der Waals surface area contributed by atoms with E-state index in [0.29, 0.717) is 16.9 Å². The highest BCUT2D eigenvalue weighted by Crippen LogP contribution is 2.29. The van der Waals surface area contributed by atoms with Crippen LogP contribution in [-0.4, -0.2) is 44.8 Å². The number of carbonyl (C=O) groups excluding carboxylic acids is 3. The van der Waals surface area contributed by atoms with Crippen LogP contribution in [0.5, 0.6) is 5.75 Å². The Balaban J connectivity index is 1.80. The first-order valence-electron chi connectivity index (χ1n) is 8.62. The predicted molar refractivity (Wildman–Crippen MR) is 98.0 cm³/mol. The van der Waals surface area contributed by atoms with Crippen LogP contribution in [-0.2, 0) is 14.3 Å². The summed E-state index contributed by atoms with van der Waals surface area (Å²) >= 11 is 0. The van der Waals surface area contributed by atoms with E-state index in [9.17, 15) is 14.4 Å². The number of rotatable bonds is 6. The van der Waals surface area contributed by atoms with Gasteiger partial charge in [0.1, 0.15) is 17.9 Å². The average molecular weight is 388 g/mol. The molecule has 0 bridgehead atoms. The van der Waals surface area contributed by atoms with Crippen LogP contribution < -0.4 is 15.4 Å². The lowest BCUT2D eigenvalue weighted by Gasteiger charge is -2.20. The first kappa shape index (κ1) is 19.3. The maximum Gasteiger partial charge on any atom is 0.374 e. The molecular formula is C19H20N2O7. The Labute approximate surface area is 160 Å². The number of ether oxygens (including phenoxy) is 3. The second kappa shape index (κ2) is 8.03. The molecule has 9 heteroatoms. The van der Waals surface area contributed by atoms with Crippen LogP contribution >= 0.6 is 0 Å². The highest BCUT2D eigenvalue weighted by Gasteiger charge is 2.26. The number of furan rings is 1. The molecule has 3 rings (SSSR count). The van der Waals surface area contributed by atoms with Gasteiger partial charge in [-0.05, 0) is 32.0 Å². The molecule has 1 aromatic carbocycles. The van der Waals surface area contributed by atoms with Crippen molar-refractivity contribution in [3.8, 4) is 5.75 Å². The van der Waals surface area contributed by atoms with Gasteiger partial charge in [0, 0.05) is 10.9 Å². The Hall–Kier alpha value is -3.49. The van der Waals surface area contributed by atoms with Crippen molar-refractivity contribution in [2.24, 2.45) is 0 Å².